The maximum absolute atomic E-state index is 11.2. The van der Waals surface area contributed by atoms with Crippen molar-refractivity contribution in [1.29, 1.82) is 0 Å². The van der Waals surface area contributed by atoms with Gasteiger partial charge in [-0.2, -0.15) is 0 Å². The fourth-order valence-corrected chi connectivity index (χ4v) is 2.27. The number of aromatic carboxylic acids is 1. The number of aromatic nitrogens is 1. The van der Waals surface area contributed by atoms with Gasteiger partial charge in [-0.3, -0.25) is 0 Å². The predicted molar refractivity (Wildman–Crippen MR) is 74.2 cm³/mol. The van der Waals surface area contributed by atoms with Crippen LogP contribution in [0.1, 0.15) is 29.9 Å². The molecule has 6 nitrogen and oxygen atoms in total. The molecule has 2 unspecified atom stereocenters. The van der Waals surface area contributed by atoms with Crippen molar-refractivity contribution >= 4 is 11.8 Å². The number of morpholine rings is 1. The Morgan fingerprint density at radius 2 is 2.30 bits per heavy atom. The zero-order valence-electron chi connectivity index (χ0n) is 11.7. The number of carbonyl (C=O) groups is 1. The number of aliphatic hydroxyl groups is 1. The number of ether oxygens (including phenoxy) is 1. The van der Waals surface area contributed by atoms with Crippen LogP contribution >= 0.6 is 0 Å². The third kappa shape index (κ3) is 3.08. The quantitative estimate of drug-likeness (QED) is 0.853. The molecule has 20 heavy (non-hydrogen) atoms. The van der Waals surface area contributed by atoms with Crippen LogP contribution in [0, 0.1) is 0 Å². The average Bonchev–Trinajstić information content (AvgIpc) is 2.47. The van der Waals surface area contributed by atoms with Gasteiger partial charge in [0.2, 0.25) is 0 Å². The SMILES string of the molecule is CCc1cc(C(=O)O)cc(N2CC(CO)OCC2C)n1. The zero-order chi connectivity index (χ0) is 14.7. The Morgan fingerprint density at radius 1 is 1.55 bits per heavy atom. The molecule has 1 aromatic heterocycles. The number of hydrogen-bond acceptors (Lipinski definition) is 5. The van der Waals surface area contributed by atoms with Crippen molar-refractivity contribution in [3.8, 4) is 0 Å². The molecule has 110 valence electrons. The van der Waals surface area contributed by atoms with Crippen LogP contribution in [0.4, 0.5) is 5.82 Å². The predicted octanol–water partition coefficient (Wildman–Crippen LogP) is 0.928. The van der Waals surface area contributed by atoms with Gasteiger partial charge in [0.25, 0.3) is 0 Å². The Labute approximate surface area is 118 Å². The summed E-state index contributed by atoms with van der Waals surface area (Å²) in [5, 5.41) is 18.4. The molecule has 0 aliphatic carbocycles. The van der Waals surface area contributed by atoms with Crippen LogP contribution in [0.25, 0.3) is 0 Å². The summed E-state index contributed by atoms with van der Waals surface area (Å²) in [6, 6.07) is 3.28. The van der Waals surface area contributed by atoms with Gasteiger partial charge in [-0.05, 0) is 25.5 Å². The number of nitrogens with zero attached hydrogens (tertiary/aromatic N) is 2. The van der Waals surface area contributed by atoms with Gasteiger partial charge in [-0.15, -0.1) is 0 Å². The van der Waals surface area contributed by atoms with Crippen molar-refractivity contribution < 1.29 is 19.7 Å². The molecular formula is C14H20N2O4. The first-order valence-electron chi connectivity index (χ1n) is 6.78. The largest absolute Gasteiger partial charge is 0.478 e. The van der Waals surface area contributed by atoms with E-state index in [0.717, 1.165) is 5.69 Å². The molecule has 2 rings (SSSR count). The first-order chi connectivity index (χ1) is 9.55. The Morgan fingerprint density at radius 3 is 2.90 bits per heavy atom. The highest BCUT2D eigenvalue weighted by molar-refractivity contribution is 5.88. The number of anilines is 1. The maximum atomic E-state index is 11.2. The number of carboxylic acid groups (broad SMARTS) is 1. The molecule has 1 aromatic rings. The lowest BCUT2D eigenvalue weighted by Gasteiger charge is -2.38. The highest BCUT2D eigenvalue weighted by Crippen LogP contribution is 2.22. The molecule has 0 saturated carbocycles. The molecule has 1 fully saturated rings. The Balaban J connectivity index is 2.34. The van der Waals surface area contributed by atoms with Crippen molar-refractivity contribution in [2.24, 2.45) is 0 Å². The molecule has 1 aliphatic heterocycles. The lowest BCUT2D eigenvalue weighted by atomic mass is 10.1. The Bertz CT molecular complexity index is 492. The third-order valence-corrected chi connectivity index (χ3v) is 3.48. The minimum absolute atomic E-state index is 0.0531. The van der Waals surface area contributed by atoms with E-state index < -0.39 is 5.97 Å². The molecule has 2 heterocycles. The molecule has 6 heteroatoms. The molecule has 2 atom stereocenters. The molecule has 1 saturated heterocycles. The highest BCUT2D eigenvalue weighted by Gasteiger charge is 2.27. The van der Waals surface area contributed by atoms with Crippen LogP contribution < -0.4 is 4.90 Å². The molecule has 0 radical (unpaired) electrons. The second-order valence-corrected chi connectivity index (χ2v) is 5.00. The van der Waals surface area contributed by atoms with Gasteiger partial charge in [0, 0.05) is 12.2 Å². The number of aryl methyl sites for hydroxylation is 1. The molecule has 0 amide bonds. The second kappa shape index (κ2) is 6.19. The van der Waals surface area contributed by atoms with E-state index in [1.54, 1.807) is 12.1 Å². The van der Waals surface area contributed by atoms with Crippen molar-refractivity contribution in [2.75, 3.05) is 24.7 Å². The molecule has 0 spiro atoms. The van der Waals surface area contributed by atoms with E-state index in [4.69, 9.17) is 4.74 Å². The van der Waals surface area contributed by atoms with E-state index in [-0.39, 0.29) is 24.3 Å². The molecular weight excluding hydrogens is 260 g/mol. The summed E-state index contributed by atoms with van der Waals surface area (Å²) in [5.74, 6) is -0.320. The highest BCUT2D eigenvalue weighted by atomic mass is 16.5. The smallest absolute Gasteiger partial charge is 0.335 e. The second-order valence-electron chi connectivity index (χ2n) is 5.00. The summed E-state index contributed by atoms with van der Waals surface area (Å²) in [7, 11) is 0. The maximum Gasteiger partial charge on any atom is 0.335 e. The minimum atomic E-state index is -0.956. The summed E-state index contributed by atoms with van der Waals surface area (Å²) in [6.07, 6.45) is 0.419. The molecule has 0 bridgehead atoms. The van der Waals surface area contributed by atoms with E-state index in [9.17, 15) is 15.0 Å². The van der Waals surface area contributed by atoms with Crippen LogP contribution in [0.3, 0.4) is 0 Å². The van der Waals surface area contributed by atoms with E-state index in [1.807, 2.05) is 18.7 Å². The number of carboxylic acids is 1. The van der Waals surface area contributed by atoms with Crippen LogP contribution in [0.15, 0.2) is 12.1 Å². The summed E-state index contributed by atoms with van der Waals surface area (Å²) < 4.78 is 5.49. The number of hydrogen-bond donors (Lipinski definition) is 2. The zero-order valence-corrected chi connectivity index (χ0v) is 11.7. The summed E-state index contributed by atoms with van der Waals surface area (Å²) >= 11 is 0. The van der Waals surface area contributed by atoms with Crippen LogP contribution in [0.2, 0.25) is 0 Å². The molecule has 1 aliphatic rings. The Hall–Kier alpha value is -1.66. The van der Waals surface area contributed by atoms with Gasteiger partial charge in [0.1, 0.15) is 5.82 Å². The van der Waals surface area contributed by atoms with Gasteiger partial charge >= 0.3 is 5.97 Å². The van der Waals surface area contributed by atoms with Crippen molar-refractivity contribution in [2.45, 2.75) is 32.4 Å². The topological polar surface area (TPSA) is 82.9 Å². The normalized spacial score (nSPS) is 22.9. The minimum Gasteiger partial charge on any atom is -0.478 e. The Kier molecular flexibility index (Phi) is 4.57. The van der Waals surface area contributed by atoms with E-state index in [2.05, 4.69) is 4.98 Å². The lowest BCUT2D eigenvalue weighted by Crippen LogP contribution is -2.50. The van der Waals surface area contributed by atoms with Crippen molar-refractivity contribution in [3.63, 3.8) is 0 Å². The third-order valence-electron chi connectivity index (χ3n) is 3.48. The van der Waals surface area contributed by atoms with Crippen molar-refractivity contribution in [1.82, 2.24) is 4.98 Å². The van der Waals surface area contributed by atoms with Gasteiger partial charge in [-0.25, -0.2) is 9.78 Å². The number of aliphatic hydroxyl groups excluding tert-OH is 1. The summed E-state index contributed by atoms with van der Waals surface area (Å²) in [6.45, 7) is 4.89. The summed E-state index contributed by atoms with van der Waals surface area (Å²) in [5.41, 5.74) is 0.991. The van der Waals surface area contributed by atoms with Gasteiger partial charge in [-0.1, -0.05) is 6.92 Å². The number of pyridine rings is 1. The molecule has 2 N–H and O–H groups in total. The van der Waals surface area contributed by atoms with Gasteiger partial charge in [0.05, 0.1) is 30.9 Å². The van der Waals surface area contributed by atoms with Crippen molar-refractivity contribution in [3.05, 3.63) is 23.4 Å². The van der Waals surface area contributed by atoms with Crippen LogP contribution in [-0.4, -0.2) is 53.1 Å². The fraction of sp³-hybridized carbons (Fsp3) is 0.571. The van der Waals surface area contributed by atoms with E-state index >= 15 is 0 Å². The first kappa shape index (κ1) is 14.7. The van der Waals surface area contributed by atoms with Crippen LogP contribution in [-0.2, 0) is 11.2 Å². The molecule has 0 aromatic carbocycles. The monoisotopic (exact) mass is 280 g/mol. The standard InChI is InChI=1S/C14H20N2O4/c1-3-11-4-10(14(18)19)5-13(15-11)16-6-12(7-17)20-8-9(16)2/h4-5,9,12,17H,3,6-8H2,1-2H3,(H,18,19). The first-order valence-corrected chi connectivity index (χ1v) is 6.78. The van der Waals surface area contributed by atoms with E-state index in [1.165, 1.54) is 0 Å². The van der Waals surface area contributed by atoms with Crippen LogP contribution in [0.5, 0.6) is 0 Å². The lowest BCUT2D eigenvalue weighted by molar-refractivity contribution is -0.0105. The van der Waals surface area contributed by atoms with Gasteiger partial charge < -0.3 is 19.8 Å². The summed E-state index contributed by atoms with van der Waals surface area (Å²) in [4.78, 5) is 17.7. The fourth-order valence-electron chi connectivity index (χ4n) is 2.27. The average molecular weight is 280 g/mol. The van der Waals surface area contributed by atoms with Gasteiger partial charge in [0.15, 0.2) is 0 Å². The number of rotatable bonds is 4. The van der Waals surface area contributed by atoms with E-state index in [0.29, 0.717) is 25.4 Å².